The van der Waals surface area contributed by atoms with Gasteiger partial charge in [-0.15, -0.1) is 0 Å². The molecule has 0 unspecified atom stereocenters. The van der Waals surface area contributed by atoms with Gasteiger partial charge in [0.25, 0.3) is 0 Å². The van der Waals surface area contributed by atoms with Crippen LogP contribution in [-0.4, -0.2) is 17.1 Å². The van der Waals surface area contributed by atoms with E-state index < -0.39 is 12.0 Å². The lowest BCUT2D eigenvalue weighted by Gasteiger charge is -2.14. The molecule has 0 fully saturated rings. The second-order valence-corrected chi connectivity index (χ2v) is 5.32. The lowest BCUT2D eigenvalue weighted by molar-refractivity contribution is -0.144. The van der Waals surface area contributed by atoms with Crippen molar-refractivity contribution in [2.45, 2.75) is 6.18 Å². The van der Waals surface area contributed by atoms with Crippen molar-refractivity contribution in [3.05, 3.63) is 53.3 Å². The molecule has 0 radical (unpaired) electrons. The van der Waals surface area contributed by atoms with Crippen LogP contribution in [0.3, 0.4) is 0 Å². The molecular formula is C16H11ClF3N3O. The minimum absolute atomic E-state index is 0.0218. The summed E-state index contributed by atoms with van der Waals surface area (Å²) in [4.78, 5) is 7.20. The fourth-order valence-corrected chi connectivity index (χ4v) is 2.38. The van der Waals surface area contributed by atoms with Crippen LogP contribution in [0.15, 0.2) is 42.5 Å². The fourth-order valence-electron chi connectivity index (χ4n) is 2.20. The minimum atomic E-state index is -4.65. The van der Waals surface area contributed by atoms with Gasteiger partial charge in [0.2, 0.25) is 5.82 Å². The molecule has 0 aliphatic carbocycles. The summed E-state index contributed by atoms with van der Waals surface area (Å²) in [6, 6.07) is 11.2. The number of methoxy groups -OCH3 is 1. The van der Waals surface area contributed by atoms with E-state index >= 15 is 0 Å². The summed E-state index contributed by atoms with van der Waals surface area (Å²) in [7, 11) is 1.45. The molecule has 3 rings (SSSR count). The van der Waals surface area contributed by atoms with Gasteiger partial charge in [0.15, 0.2) is 0 Å². The van der Waals surface area contributed by atoms with Crippen molar-refractivity contribution in [3.8, 4) is 5.75 Å². The zero-order valence-electron chi connectivity index (χ0n) is 12.4. The molecule has 124 valence electrons. The highest BCUT2D eigenvalue weighted by atomic mass is 35.5. The Morgan fingerprint density at radius 1 is 1.08 bits per heavy atom. The maximum atomic E-state index is 13.0. The van der Waals surface area contributed by atoms with Crippen molar-refractivity contribution < 1.29 is 17.9 Å². The average molecular weight is 354 g/mol. The summed E-state index contributed by atoms with van der Waals surface area (Å²) in [6.07, 6.45) is -4.65. The number of hydrogen-bond acceptors (Lipinski definition) is 4. The molecule has 0 bridgehead atoms. The monoisotopic (exact) mass is 353 g/mol. The Hall–Kier alpha value is -2.54. The van der Waals surface area contributed by atoms with E-state index in [-0.39, 0.29) is 11.3 Å². The van der Waals surface area contributed by atoms with Gasteiger partial charge in [0.1, 0.15) is 11.6 Å². The normalized spacial score (nSPS) is 11.5. The maximum Gasteiger partial charge on any atom is 0.451 e. The highest BCUT2D eigenvalue weighted by molar-refractivity contribution is 6.31. The van der Waals surface area contributed by atoms with Crippen LogP contribution in [-0.2, 0) is 6.18 Å². The third kappa shape index (κ3) is 3.21. The largest absolute Gasteiger partial charge is 0.495 e. The summed E-state index contributed by atoms with van der Waals surface area (Å²) >= 11 is 5.95. The third-order valence-corrected chi connectivity index (χ3v) is 3.51. The van der Waals surface area contributed by atoms with E-state index in [2.05, 4.69) is 15.3 Å². The lowest BCUT2D eigenvalue weighted by atomic mass is 10.2. The van der Waals surface area contributed by atoms with E-state index in [1.807, 2.05) is 0 Å². The van der Waals surface area contributed by atoms with Crippen molar-refractivity contribution >= 4 is 34.0 Å². The van der Waals surface area contributed by atoms with Crippen LogP contribution in [0, 0.1) is 0 Å². The molecule has 1 aromatic heterocycles. The smallest absolute Gasteiger partial charge is 0.451 e. The van der Waals surface area contributed by atoms with Crippen molar-refractivity contribution in [1.82, 2.24) is 9.97 Å². The van der Waals surface area contributed by atoms with Gasteiger partial charge in [-0.2, -0.15) is 13.2 Å². The van der Waals surface area contributed by atoms with Crippen LogP contribution in [0.25, 0.3) is 10.9 Å². The molecule has 2 aromatic carbocycles. The number of rotatable bonds is 3. The van der Waals surface area contributed by atoms with E-state index in [9.17, 15) is 13.2 Å². The Kier molecular flexibility index (Phi) is 4.19. The van der Waals surface area contributed by atoms with Crippen LogP contribution >= 0.6 is 11.6 Å². The third-order valence-electron chi connectivity index (χ3n) is 3.27. The van der Waals surface area contributed by atoms with Gasteiger partial charge in [0.05, 0.1) is 18.3 Å². The molecule has 1 heterocycles. The van der Waals surface area contributed by atoms with Crippen LogP contribution < -0.4 is 10.1 Å². The number of fused-ring (bicyclic) bond motifs is 1. The van der Waals surface area contributed by atoms with Gasteiger partial charge in [-0.25, -0.2) is 9.97 Å². The molecule has 0 aliphatic heterocycles. The molecule has 0 aliphatic rings. The van der Waals surface area contributed by atoms with Gasteiger partial charge < -0.3 is 10.1 Å². The average Bonchev–Trinajstić information content (AvgIpc) is 2.54. The minimum Gasteiger partial charge on any atom is -0.495 e. The zero-order valence-corrected chi connectivity index (χ0v) is 13.1. The first kappa shape index (κ1) is 16.3. The van der Waals surface area contributed by atoms with Gasteiger partial charge in [-0.3, -0.25) is 0 Å². The molecule has 24 heavy (non-hydrogen) atoms. The number of nitrogens with one attached hydrogen (secondary N) is 1. The van der Waals surface area contributed by atoms with E-state index in [0.29, 0.717) is 21.8 Å². The quantitative estimate of drug-likeness (QED) is 0.715. The van der Waals surface area contributed by atoms with Gasteiger partial charge in [0, 0.05) is 10.4 Å². The second kappa shape index (κ2) is 6.16. The van der Waals surface area contributed by atoms with Crippen molar-refractivity contribution in [3.63, 3.8) is 0 Å². The van der Waals surface area contributed by atoms with E-state index in [1.165, 1.54) is 13.2 Å². The lowest BCUT2D eigenvalue weighted by Crippen LogP contribution is -2.12. The van der Waals surface area contributed by atoms with Gasteiger partial charge >= 0.3 is 6.18 Å². The molecule has 4 nitrogen and oxygen atoms in total. The highest BCUT2D eigenvalue weighted by Gasteiger charge is 2.35. The number of aromatic nitrogens is 2. The van der Waals surface area contributed by atoms with Crippen LogP contribution in [0.4, 0.5) is 24.7 Å². The number of para-hydroxylation sites is 1. The summed E-state index contributed by atoms with van der Waals surface area (Å²) in [5.74, 6) is -0.770. The standard InChI is InChI=1S/C16H11ClF3N3O/c1-24-13-7-6-9(17)8-12(13)21-14-10-4-2-3-5-11(10)22-15(23-14)16(18,19)20/h2-8H,1H3,(H,21,22,23). The topological polar surface area (TPSA) is 47.0 Å². The second-order valence-electron chi connectivity index (χ2n) is 4.88. The molecule has 0 spiro atoms. The Bertz CT molecular complexity index is 899. The molecule has 0 amide bonds. The number of nitrogens with zero attached hydrogens (tertiary/aromatic N) is 2. The Labute approximate surface area is 140 Å². The molecule has 0 atom stereocenters. The fraction of sp³-hybridized carbons (Fsp3) is 0.125. The van der Waals surface area contributed by atoms with Gasteiger partial charge in [-0.05, 0) is 30.3 Å². The first-order valence-electron chi connectivity index (χ1n) is 6.83. The van der Waals surface area contributed by atoms with E-state index in [4.69, 9.17) is 16.3 Å². The predicted molar refractivity (Wildman–Crippen MR) is 85.8 cm³/mol. The summed E-state index contributed by atoms with van der Waals surface area (Å²) in [5.41, 5.74) is 0.588. The Morgan fingerprint density at radius 2 is 1.83 bits per heavy atom. The number of benzene rings is 2. The van der Waals surface area contributed by atoms with Gasteiger partial charge in [-0.1, -0.05) is 23.7 Å². The van der Waals surface area contributed by atoms with Crippen LogP contribution in [0.5, 0.6) is 5.75 Å². The summed E-state index contributed by atoms with van der Waals surface area (Å²) < 4.78 is 44.3. The number of halogens is 4. The van der Waals surface area contributed by atoms with Crippen LogP contribution in [0.1, 0.15) is 5.82 Å². The number of anilines is 2. The summed E-state index contributed by atoms with van der Waals surface area (Å²) in [5, 5.41) is 3.72. The number of ether oxygens (including phenoxy) is 1. The van der Waals surface area contributed by atoms with E-state index in [1.54, 1.807) is 36.4 Å². The SMILES string of the molecule is COc1ccc(Cl)cc1Nc1nc(C(F)(F)F)nc2ccccc12. The molecule has 3 aromatic rings. The van der Waals surface area contributed by atoms with Crippen molar-refractivity contribution in [1.29, 1.82) is 0 Å². The van der Waals surface area contributed by atoms with Crippen molar-refractivity contribution in [2.75, 3.05) is 12.4 Å². The predicted octanol–water partition coefficient (Wildman–Crippen LogP) is 5.05. The maximum absolute atomic E-state index is 13.0. The summed E-state index contributed by atoms with van der Waals surface area (Å²) in [6.45, 7) is 0. The molecule has 0 saturated heterocycles. The Balaban J connectivity index is 2.17. The zero-order chi connectivity index (χ0) is 17.3. The highest BCUT2D eigenvalue weighted by Crippen LogP contribution is 2.34. The number of hydrogen-bond donors (Lipinski definition) is 1. The number of alkyl halides is 3. The van der Waals surface area contributed by atoms with E-state index in [0.717, 1.165) is 0 Å². The first-order valence-corrected chi connectivity index (χ1v) is 7.21. The molecule has 0 saturated carbocycles. The molecule has 8 heteroatoms. The molecule has 1 N–H and O–H groups in total. The first-order chi connectivity index (χ1) is 11.4. The van der Waals surface area contributed by atoms with Crippen molar-refractivity contribution in [2.24, 2.45) is 0 Å². The molecular weight excluding hydrogens is 343 g/mol. The van der Waals surface area contributed by atoms with Crippen LogP contribution in [0.2, 0.25) is 5.02 Å². The Morgan fingerprint density at radius 3 is 2.54 bits per heavy atom.